The lowest BCUT2D eigenvalue weighted by atomic mass is 10.1. The van der Waals surface area contributed by atoms with E-state index in [1.807, 2.05) is 6.26 Å². The molecule has 9 nitrogen and oxygen atoms in total. The average Bonchev–Trinajstić information content (AvgIpc) is 3.38. The van der Waals surface area contributed by atoms with Crippen LogP contribution in [0.2, 0.25) is 0 Å². The van der Waals surface area contributed by atoms with Crippen LogP contribution in [0.5, 0.6) is 0 Å². The van der Waals surface area contributed by atoms with Gasteiger partial charge in [0.25, 0.3) is 5.91 Å². The van der Waals surface area contributed by atoms with Crippen molar-refractivity contribution in [3.05, 3.63) is 24.0 Å². The van der Waals surface area contributed by atoms with Crippen molar-refractivity contribution in [3.63, 3.8) is 0 Å². The summed E-state index contributed by atoms with van der Waals surface area (Å²) in [6.07, 6.45) is 4.58. The van der Waals surface area contributed by atoms with Crippen molar-refractivity contribution in [2.75, 3.05) is 25.1 Å². The summed E-state index contributed by atoms with van der Waals surface area (Å²) >= 11 is 1.42. The molecule has 4 heterocycles. The van der Waals surface area contributed by atoms with Crippen LogP contribution in [0.1, 0.15) is 23.3 Å². The molecular weight excluding hydrogens is 394 g/mol. The summed E-state index contributed by atoms with van der Waals surface area (Å²) < 4.78 is 1.72. The number of aromatic nitrogens is 1. The number of hydrogen-bond acceptors (Lipinski definition) is 5. The van der Waals surface area contributed by atoms with Crippen LogP contribution >= 0.6 is 11.8 Å². The van der Waals surface area contributed by atoms with Crippen LogP contribution < -0.4 is 10.6 Å². The van der Waals surface area contributed by atoms with Gasteiger partial charge in [-0.1, -0.05) is 0 Å². The lowest BCUT2D eigenvalue weighted by Crippen LogP contribution is -2.53. The number of nitrogens with one attached hydrogen (secondary N) is 2. The zero-order valence-electron chi connectivity index (χ0n) is 16.5. The number of fused-ring (bicyclic) bond motifs is 2. The second kappa shape index (κ2) is 7.74. The molecule has 1 aromatic heterocycles. The van der Waals surface area contributed by atoms with E-state index in [1.165, 1.54) is 11.8 Å². The zero-order valence-corrected chi connectivity index (χ0v) is 17.3. The topological polar surface area (TPSA) is 104 Å². The Hall–Kier alpha value is -2.49. The minimum absolute atomic E-state index is 0.0844. The third-order valence-electron chi connectivity index (χ3n) is 5.97. The summed E-state index contributed by atoms with van der Waals surface area (Å²) in [5.41, 5.74) is 0.521. The highest BCUT2D eigenvalue weighted by Gasteiger charge is 2.52. The van der Waals surface area contributed by atoms with Gasteiger partial charge in [0.15, 0.2) is 0 Å². The van der Waals surface area contributed by atoms with Gasteiger partial charge in [-0.3, -0.25) is 19.2 Å². The minimum atomic E-state index is -0.661. The molecule has 0 saturated carbocycles. The molecule has 4 amide bonds. The average molecular weight is 420 g/mol. The fourth-order valence-corrected chi connectivity index (χ4v) is 4.99. The number of likely N-dealkylation sites (tertiary alicyclic amines) is 1. The molecule has 2 N–H and O–H groups in total. The number of amides is 4. The van der Waals surface area contributed by atoms with Crippen LogP contribution in [-0.4, -0.2) is 87.3 Å². The molecule has 4 rings (SSSR count). The maximum absolute atomic E-state index is 13.3. The molecule has 3 aliphatic rings. The molecule has 0 unspecified atom stereocenters. The summed E-state index contributed by atoms with van der Waals surface area (Å²) in [5, 5.41) is 5.90. The molecule has 4 atom stereocenters. The van der Waals surface area contributed by atoms with E-state index in [-0.39, 0.29) is 42.3 Å². The normalized spacial score (nSPS) is 28.6. The van der Waals surface area contributed by atoms with E-state index in [0.29, 0.717) is 30.8 Å². The Bertz CT molecular complexity index is 855. The van der Waals surface area contributed by atoms with Crippen molar-refractivity contribution in [1.82, 2.24) is 25.0 Å². The Morgan fingerprint density at radius 2 is 2.14 bits per heavy atom. The predicted molar refractivity (Wildman–Crippen MR) is 107 cm³/mol. The smallest absolute Gasteiger partial charge is 0.268 e. The van der Waals surface area contributed by atoms with Crippen molar-refractivity contribution in [3.8, 4) is 0 Å². The van der Waals surface area contributed by atoms with Crippen LogP contribution in [-0.2, 0) is 21.4 Å². The largest absolute Gasteiger partial charge is 0.349 e. The third-order valence-corrected chi connectivity index (χ3v) is 6.50. The molecule has 1 aromatic rings. The summed E-state index contributed by atoms with van der Waals surface area (Å²) in [4.78, 5) is 54.2. The Balaban J connectivity index is 1.50. The molecule has 29 heavy (non-hydrogen) atoms. The summed E-state index contributed by atoms with van der Waals surface area (Å²) in [6.45, 7) is 0.730. The Labute approximate surface area is 173 Å². The van der Waals surface area contributed by atoms with E-state index in [0.717, 1.165) is 0 Å². The highest BCUT2D eigenvalue weighted by molar-refractivity contribution is 7.99. The van der Waals surface area contributed by atoms with Crippen LogP contribution in [0.4, 0.5) is 0 Å². The fourth-order valence-electron chi connectivity index (χ4n) is 4.57. The molecule has 0 spiro atoms. The van der Waals surface area contributed by atoms with Gasteiger partial charge in [-0.25, -0.2) is 0 Å². The number of thioether (sulfide) groups is 1. The van der Waals surface area contributed by atoms with E-state index in [4.69, 9.17) is 0 Å². The summed E-state index contributed by atoms with van der Waals surface area (Å²) in [6, 6.07) is 1.57. The van der Waals surface area contributed by atoms with Gasteiger partial charge < -0.3 is 25.0 Å². The Kier molecular flexibility index (Phi) is 5.28. The first-order valence-corrected chi connectivity index (χ1v) is 11.1. The van der Waals surface area contributed by atoms with E-state index < -0.39 is 12.1 Å². The van der Waals surface area contributed by atoms with Gasteiger partial charge in [0, 0.05) is 32.4 Å². The molecule has 156 valence electrons. The first kappa shape index (κ1) is 19.8. The van der Waals surface area contributed by atoms with Gasteiger partial charge in [0.2, 0.25) is 17.7 Å². The van der Waals surface area contributed by atoms with Crippen LogP contribution in [0.25, 0.3) is 0 Å². The van der Waals surface area contributed by atoms with Gasteiger partial charge in [-0.2, -0.15) is 11.8 Å². The molecular formula is C19H25N5O4S. The number of nitrogens with zero attached hydrogens (tertiary/aromatic N) is 3. The van der Waals surface area contributed by atoms with Crippen molar-refractivity contribution in [2.24, 2.45) is 7.05 Å². The lowest BCUT2D eigenvalue weighted by Gasteiger charge is -2.29. The molecule has 0 radical (unpaired) electrons. The second-order valence-corrected chi connectivity index (χ2v) is 8.65. The number of rotatable bonds is 4. The standard InChI is InChI=1S/C19H25N5O4S/c1-22-6-3-4-13(22)17(26)20-11-8-14-18(27)21-12-5-7-23(15(25)10-29-2)16(12)19(28)24(14)9-11/h3-4,6,11-12,14,16H,5,7-10H2,1-2H3,(H,20,26)(H,21,27)/t11-,12-,14+,16+/m1/s1. The molecule has 0 aromatic carbocycles. The number of carbonyl (C=O) groups excluding carboxylic acids is 4. The first-order chi connectivity index (χ1) is 13.9. The first-order valence-electron chi connectivity index (χ1n) is 9.72. The van der Waals surface area contributed by atoms with Crippen LogP contribution in [0.15, 0.2) is 18.3 Å². The van der Waals surface area contributed by atoms with Gasteiger partial charge in [-0.15, -0.1) is 0 Å². The molecule has 0 aliphatic carbocycles. The van der Waals surface area contributed by atoms with Crippen molar-refractivity contribution >= 4 is 35.4 Å². The van der Waals surface area contributed by atoms with Gasteiger partial charge in [0.05, 0.1) is 11.8 Å². The van der Waals surface area contributed by atoms with Gasteiger partial charge in [0.1, 0.15) is 17.8 Å². The maximum atomic E-state index is 13.3. The molecule has 3 saturated heterocycles. The lowest BCUT2D eigenvalue weighted by molar-refractivity contribution is -0.143. The van der Waals surface area contributed by atoms with Gasteiger partial charge >= 0.3 is 0 Å². The van der Waals surface area contributed by atoms with Crippen LogP contribution in [0, 0.1) is 0 Å². The van der Waals surface area contributed by atoms with Crippen LogP contribution in [0.3, 0.4) is 0 Å². The highest BCUT2D eigenvalue weighted by atomic mass is 32.2. The van der Waals surface area contributed by atoms with Crippen molar-refractivity contribution < 1.29 is 19.2 Å². The van der Waals surface area contributed by atoms with Crippen molar-refractivity contribution in [2.45, 2.75) is 37.0 Å². The third kappa shape index (κ3) is 3.50. The fraction of sp³-hybridized carbons (Fsp3) is 0.579. The number of aryl methyl sites for hydroxylation is 1. The molecule has 10 heteroatoms. The van der Waals surface area contributed by atoms with E-state index in [1.54, 1.807) is 39.7 Å². The summed E-state index contributed by atoms with van der Waals surface area (Å²) in [7, 11) is 1.79. The molecule has 3 fully saturated rings. The number of carbonyl (C=O) groups is 4. The maximum Gasteiger partial charge on any atom is 0.268 e. The van der Waals surface area contributed by atoms with E-state index >= 15 is 0 Å². The summed E-state index contributed by atoms with van der Waals surface area (Å²) in [5.74, 6) is -0.424. The van der Waals surface area contributed by atoms with Gasteiger partial charge in [-0.05, 0) is 31.2 Å². The van der Waals surface area contributed by atoms with Crippen molar-refractivity contribution in [1.29, 1.82) is 0 Å². The quantitative estimate of drug-likeness (QED) is 0.664. The Morgan fingerprint density at radius 3 is 2.83 bits per heavy atom. The minimum Gasteiger partial charge on any atom is -0.349 e. The SMILES string of the molecule is CSCC(=O)N1CC[C@H]2NC(=O)[C@@H]3C[C@@H](NC(=O)c4cccn4C)CN3C(=O)[C@H]21. The Morgan fingerprint density at radius 1 is 1.34 bits per heavy atom. The van der Waals surface area contributed by atoms with E-state index in [2.05, 4.69) is 10.6 Å². The second-order valence-electron chi connectivity index (χ2n) is 7.79. The monoisotopic (exact) mass is 419 g/mol. The van der Waals surface area contributed by atoms with E-state index in [9.17, 15) is 19.2 Å². The highest BCUT2D eigenvalue weighted by Crippen LogP contribution is 2.29. The predicted octanol–water partition coefficient (Wildman–Crippen LogP) is -0.813. The molecule has 3 aliphatic heterocycles. The zero-order chi connectivity index (χ0) is 20.7. The molecule has 0 bridgehead atoms. The number of hydrogen-bond donors (Lipinski definition) is 2.